The van der Waals surface area contributed by atoms with Gasteiger partial charge in [-0.3, -0.25) is 4.79 Å². The van der Waals surface area contributed by atoms with Crippen LogP contribution in [-0.4, -0.2) is 23.1 Å². The van der Waals surface area contributed by atoms with E-state index in [1.165, 1.54) is 12.1 Å². The van der Waals surface area contributed by atoms with E-state index in [1.807, 2.05) is 24.3 Å². The SMILES string of the molecule is O=C(O)c1ccc(CNC(=O)C2Cc3ccccc3CO2)o1. The number of carbonyl (C=O) groups is 2. The molecule has 1 unspecified atom stereocenters. The zero-order valence-electron chi connectivity index (χ0n) is 11.7. The van der Waals surface area contributed by atoms with Gasteiger partial charge < -0.3 is 19.6 Å². The highest BCUT2D eigenvalue weighted by Crippen LogP contribution is 2.20. The fourth-order valence-corrected chi connectivity index (χ4v) is 2.39. The second kappa shape index (κ2) is 6.03. The van der Waals surface area contributed by atoms with Gasteiger partial charge in [-0.1, -0.05) is 24.3 Å². The second-order valence-corrected chi connectivity index (χ2v) is 5.06. The maximum atomic E-state index is 12.1. The van der Waals surface area contributed by atoms with Gasteiger partial charge >= 0.3 is 5.97 Å². The van der Waals surface area contributed by atoms with Crippen LogP contribution in [0.5, 0.6) is 0 Å². The average molecular weight is 301 g/mol. The number of fused-ring (bicyclic) bond motifs is 1. The molecule has 22 heavy (non-hydrogen) atoms. The van der Waals surface area contributed by atoms with Crippen LogP contribution in [0.4, 0.5) is 0 Å². The van der Waals surface area contributed by atoms with Crippen LogP contribution < -0.4 is 5.32 Å². The molecule has 1 atom stereocenters. The van der Waals surface area contributed by atoms with E-state index in [0.29, 0.717) is 18.8 Å². The largest absolute Gasteiger partial charge is 0.475 e. The van der Waals surface area contributed by atoms with Gasteiger partial charge in [0.15, 0.2) is 0 Å². The van der Waals surface area contributed by atoms with Crippen molar-refractivity contribution in [2.75, 3.05) is 0 Å². The zero-order valence-corrected chi connectivity index (χ0v) is 11.7. The molecule has 1 aliphatic heterocycles. The van der Waals surface area contributed by atoms with Gasteiger partial charge in [0, 0.05) is 6.42 Å². The summed E-state index contributed by atoms with van der Waals surface area (Å²) in [6.07, 6.45) is -0.00983. The Bertz CT molecular complexity index is 706. The summed E-state index contributed by atoms with van der Waals surface area (Å²) in [6, 6.07) is 10.7. The molecule has 2 heterocycles. The molecule has 0 fully saturated rings. The second-order valence-electron chi connectivity index (χ2n) is 5.06. The van der Waals surface area contributed by atoms with Crippen molar-refractivity contribution in [2.45, 2.75) is 25.7 Å². The third kappa shape index (κ3) is 3.01. The van der Waals surface area contributed by atoms with Crippen molar-refractivity contribution in [3.8, 4) is 0 Å². The molecule has 114 valence electrons. The molecule has 2 N–H and O–H groups in total. The van der Waals surface area contributed by atoms with Gasteiger partial charge in [0.1, 0.15) is 11.9 Å². The maximum Gasteiger partial charge on any atom is 0.371 e. The minimum absolute atomic E-state index is 0.133. The Kier molecular flexibility index (Phi) is 3.93. The number of nitrogens with one attached hydrogen (secondary N) is 1. The van der Waals surface area contributed by atoms with Gasteiger partial charge in [0.05, 0.1) is 13.2 Å². The average Bonchev–Trinajstić information content (AvgIpc) is 3.01. The molecule has 1 aliphatic rings. The third-order valence-electron chi connectivity index (χ3n) is 3.57. The van der Waals surface area contributed by atoms with Crippen molar-refractivity contribution in [2.24, 2.45) is 0 Å². The van der Waals surface area contributed by atoms with E-state index in [4.69, 9.17) is 14.3 Å². The lowest BCUT2D eigenvalue weighted by atomic mass is 9.99. The Morgan fingerprint density at radius 2 is 1.95 bits per heavy atom. The number of furan rings is 1. The van der Waals surface area contributed by atoms with Crippen LogP contribution in [0.2, 0.25) is 0 Å². The van der Waals surface area contributed by atoms with Crippen LogP contribution in [0.15, 0.2) is 40.8 Å². The van der Waals surface area contributed by atoms with Crippen LogP contribution in [0.3, 0.4) is 0 Å². The van der Waals surface area contributed by atoms with Crippen LogP contribution in [0.25, 0.3) is 0 Å². The van der Waals surface area contributed by atoms with Gasteiger partial charge in [-0.2, -0.15) is 0 Å². The van der Waals surface area contributed by atoms with Gasteiger partial charge in [-0.25, -0.2) is 4.79 Å². The molecule has 0 aliphatic carbocycles. The lowest BCUT2D eigenvalue weighted by Gasteiger charge is -2.24. The number of rotatable bonds is 4. The van der Waals surface area contributed by atoms with E-state index in [2.05, 4.69) is 5.32 Å². The first-order valence-electron chi connectivity index (χ1n) is 6.91. The predicted octanol–water partition coefficient (Wildman–Crippen LogP) is 1.74. The Labute approximate surface area is 126 Å². The number of benzene rings is 1. The summed E-state index contributed by atoms with van der Waals surface area (Å²) in [6.45, 7) is 0.547. The molecule has 0 radical (unpaired) electrons. The number of carbonyl (C=O) groups excluding carboxylic acids is 1. The van der Waals surface area contributed by atoms with Gasteiger partial charge in [0.25, 0.3) is 0 Å². The molecular formula is C16H15NO5. The summed E-state index contributed by atoms with van der Waals surface area (Å²) in [4.78, 5) is 22.8. The minimum Gasteiger partial charge on any atom is -0.475 e. The van der Waals surface area contributed by atoms with Crippen LogP contribution in [0.1, 0.15) is 27.4 Å². The number of carboxylic acids is 1. The Hall–Kier alpha value is -2.60. The molecule has 0 bridgehead atoms. The maximum absolute atomic E-state index is 12.1. The third-order valence-corrected chi connectivity index (χ3v) is 3.57. The summed E-state index contributed by atoms with van der Waals surface area (Å²) in [7, 11) is 0. The smallest absolute Gasteiger partial charge is 0.371 e. The van der Waals surface area contributed by atoms with Crippen molar-refractivity contribution in [3.63, 3.8) is 0 Å². The van der Waals surface area contributed by atoms with Crippen LogP contribution in [0, 0.1) is 0 Å². The van der Waals surface area contributed by atoms with Crippen molar-refractivity contribution in [1.82, 2.24) is 5.32 Å². The van der Waals surface area contributed by atoms with Crippen molar-refractivity contribution >= 4 is 11.9 Å². The number of ether oxygens (including phenoxy) is 1. The summed E-state index contributed by atoms with van der Waals surface area (Å²) >= 11 is 0. The Balaban J connectivity index is 1.57. The van der Waals surface area contributed by atoms with E-state index in [9.17, 15) is 9.59 Å². The van der Waals surface area contributed by atoms with Crippen molar-refractivity contribution in [1.29, 1.82) is 0 Å². The molecule has 0 spiro atoms. The first-order chi connectivity index (χ1) is 10.6. The summed E-state index contributed by atoms with van der Waals surface area (Å²) in [5.41, 5.74) is 2.21. The van der Waals surface area contributed by atoms with E-state index < -0.39 is 12.1 Å². The highest BCUT2D eigenvalue weighted by atomic mass is 16.5. The lowest BCUT2D eigenvalue weighted by molar-refractivity contribution is -0.134. The number of aromatic carboxylic acids is 1. The topological polar surface area (TPSA) is 88.8 Å². The molecule has 1 aromatic carbocycles. The quantitative estimate of drug-likeness (QED) is 0.898. The predicted molar refractivity (Wildman–Crippen MR) is 76.2 cm³/mol. The first kappa shape index (κ1) is 14.3. The molecular weight excluding hydrogens is 286 g/mol. The molecule has 1 amide bonds. The number of hydrogen-bond donors (Lipinski definition) is 2. The molecule has 6 heteroatoms. The van der Waals surface area contributed by atoms with Gasteiger partial charge in [-0.05, 0) is 23.3 Å². The molecule has 1 aromatic heterocycles. The van der Waals surface area contributed by atoms with E-state index in [1.54, 1.807) is 0 Å². The van der Waals surface area contributed by atoms with E-state index in [-0.39, 0.29) is 18.2 Å². The van der Waals surface area contributed by atoms with E-state index >= 15 is 0 Å². The highest BCUT2D eigenvalue weighted by Gasteiger charge is 2.25. The van der Waals surface area contributed by atoms with Crippen molar-refractivity contribution in [3.05, 3.63) is 59.0 Å². The molecule has 3 rings (SSSR count). The van der Waals surface area contributed by atoms with Gasteiger partial charge in [0.2, 0.25) is 11.7 Å². The highest BCUT2D eigenvalue weighted by molar-refractivity contribution is 5.84. The molecule has 2 aromatic rings. The molecule has 6 nitrogen and oxygen atoms in total. The minimum atomic E-state index is -1.13. The Morgan fingerprint density at radius 1 is 1.18 bits per heavy atom. The van der Waals surface area contributed by atoms with Crippen molar-refractivity contribution < 1.29 is 23.8 Å². The zero-order chi connectivity index (χ0) is 15.5. The van der Waals surface area contributed by atoms with Crippen LogP contribution >= 0.6 is 0 Å². The molecule has 0 saturated carbocycles. The van der Waals surface area contributed by atoms with Crippen LogP contribution in [-0.2, 0) is 29.1 Å². The van der Waals surface area contributed by atoms with Gasteiger partial charge in [-0.15, -0.1) is 0 Å². The summed E-state index contributed by atoms with van der Waals surface area (Å²) < 4.78 is 10.6. The monoisotopic (exact) mass is 301 g/mol. The summed E-state index contributed by atoms with van der Waals surface area (Å²) in [5, 5.41) is 11.5. The lowest BCUT2D eigenvalue weighted by Crippen LogP contribution is -2.39. The molecule has 0 saturated heterocycles. The first-order valence-corrected chi connectivity index (χ1v) is 6.91. The Morgan fingerprint density at radius 3 is 2.68 bits per heavy atom. The number of hydrogen-bond acceptors (Lipinski definition) is 4. The number of amides is 1. The standard InChI is InChI=1S/C16H15NO5/c18-15(17-8-12-5-6-13(22-12)16(19)20)14-7-10-3-1-2-4-11(10)9-21-14/h1-6,14H,7-9H2,(H,17,18)(H,19,20). The normalized spacial score (nSPS) is 16.8. The number of carboxylic acid groups (broad SMARTS) is 1. The summed E-state index contributed by atoms with van der Waals surface area (Å²) in [5.74, 6) is -1.12. The van der Waals surface area contributed by atoms with E-state index in [0.717, 1.165) is 11.1 Å². The fourth-order valence-electron chi connectivity index (χ4n) is 2.39. The fraction of sp³-hybridized carbons (Fsp3) is 0.250.